The Morgan fingerprint density at radius 1 is 1.21 bits per heavy atom. The fraction of sp³-hybridized carbons (Fsp3) is 0.211. The maximum absolute atomic E-state index is 12.7. The maximum Gasteiger partial charge on any atom is 0.326 e. The second-order valence-corrected chi connectivity index (χ2v) is 7.48. The number of rotatable bonds is 5. The summed E-state index contributed by atoms with van der Waals surface area (Å²) in [5, 5.41) is 0.620. The first-order chi connectivity index (χ1) is 13.4. The number of hydrogen-bond donors (Lipinski definition) is 0. The molecule has 0 radical (unpaired) electrons. The summed E-state index contributed by atoms with van der Waals surface area (Å²) in [6.45, 7) is 1.87. The molecule has 0 saturated heterocycles. The summed E-state index contributed by atoms with van der Waals surface area (Å²) in [5.41, 5.74) is 0.841. The van der Waals surface area contributed by atoms with Crippen LogP contribution in [0, 0.1) is 0 Å². The summed E-state index contributed by atoms with van der Waals surface area (Å²) in [5.74, 6) is -0.439. The van der Waals surface area contributed by atoms with Crippen LogP contribution < -0.4 is 9.54 Å². The van der Waals surface area contributed by atoms with Gasteiger partial charge < -0.3 is 14.0 Å². The van der Waals surface area contributed by atoms with Gasteiger partial charge >= 0.3 is 5.97 Å². The molecule has 0 N–H and O–H groups in total. The van der Waals surface area contributed by atoms with E-state index in [0.717, 1.165) is 4.70 Å². The molecule has 0 fully saturated rings. The second kappa shape index (κ2) is 8.77. The van der Waals surface area contributed by atoms with Gasteiger partial charge in [0.05, 0.1) is 29.0 Å². The Morgan fingerprint density at radius 3 is 2.71 bits per heavy atom. The third-order valence-electron chi connectivity index (χ3n) is 3.83. The Kier molecular flexibility index (Phi) is 6.39. The molecule has 6 nitrogen and oxygen atoms in total. The van der Waals surface area contributed by atoms with Gasteiger partial charge in [-0.2, -0.15) is 4.99 Å². The lowest BCUT2D eigenvalue weighted by Crippen LogP contribution is -2.23. The highest BCUT2D eigenvalue weighted by molar-refractivity contribution is 7.16. The molecule has 3 aromatic rings. The zero-order chi connectivity index (χ0) is 20.3. The zero-order valence-electron chi connectivity index (χ0n) is 15.1. The van der Waals surface area contributed by atoms with Gasteiger partial charge in [0.15, 0.2) is 4.80 Å². The number of esters is 1. The highest BCUT2D eigenvalue weighted by atomic mass is 35.5. The normalized spacial score (nSPS) is 11.6. The molecule has 1 aromatic heterocycles. The minimum atomic E-state index is -0.560. The van der Waals surface area contributed by atoms with E-state index in [0.29, 0.717) is 21.1 Å². The quantitative estimate of drug-likeness (QED) is 0.556. The van der Waals surface area contributed by atoms with Crippen molar-refractivity contribution in [3.8, 4) is 5.75 Å². The van der Waals surface area contributed by atoms with Gasteiger partial charge in [-0.3, -0.25) is 9.59 Å². The van der Waals surface area contributed by atoms with E-state index in [4.69, 9.17) is 32.7 Å². The van der Waals surface area contributed by atoms with E-state index < -0.39 is 11.9 Å². The number of thiazole rings is 1. The van der Waals surface area contributed by atoms with Crippen molar-refractivity contribution in [1.29, 1.82) is 0 Å². The molecule has 2 aromatic carbocycles. The number of nitrogens with zero attached hydrogens (tertiary/aromatic N) is 2. The number of ether oxygens (including phenoxy) is 2. The van der Waals surface area contributed by atoms with Crippen LogP contribution in [-0.2, 0) is 16.1 Å². The molecular weight excluding hydrogens is 423 g/mol. The predicted molar refractivity (Wildman–Crippen MR) is 109 cm³/mol. The molecule has 0 unspecified atom stereocenters. The highest BCUT2D eigenvalue weighted by Crippen LogP contribution is 2.27. The number of halogens is 2. The molecule has 1 amide bonds. The average Bonchev–Trinajstić information content (AvgIpc) is 3.01. The Hall–Kier alpha value is -2.35. The molecule has 0 spiro atoms. The summed E-state index contributed by atoms with van der Waals surface area (Å²) < 4.78 is 12.9. The number of carbonyl (C=O) groups excluding carboxylic acids is 2. The van der Waals surface area contributed by atoms with Gasteiger partial charge in [-0.25, -0.2) is 0 Å². The number of para-hydroxylation sites is 1. The third-order valence-corrected chi connectivity index (χ3v) is 5.44. The van der Waals surface area contributed by atoms with E-state index in [1.54, 1.807) is 23.6 Å². The van der Waals surface area contributed by atoms with Gasteiger partial charge in [-0.15, -0.1) is 0 Å². The van der Waals surface area contributed by atoms with Gasteiger partial charge in [0, 0.05) is 5.02 Å². The second-order valence-electron chi connectivity index (χ2n) is 5.62. The molecule has 0 saturated carbocycles. The molecule has 9 heteroatoms. The molecule has 0 aliphatic carbocycles. The smallest absolute Gasteiger partial charge is 0.326 e. The van der Waals surface area contributed by atoms with Crippen molar-refractivity contribution >= 4 is 56.6 Å². The highest BCUT2D eigenvalue weighted by Gasteiger charge is 2.17. The number of hydrogen-bond acceptors (Lipinski definition) is 5. The van der Waals surface area contributed by atoms with Crippen LogP contribution in [0.1, 0.15) is 17.3 Å². The van der Waals surface area contributed by atoms with E-state index >= 15 is 0 Å². The van der Waals surface area contributed by atoms with E-state index in [9.17, 15) is 9.59 Å². The van der Waals surface area contributed by atoms with E-state index in [2.05, 4.69) is 4.99 Å². The zero-order valence-corrected chi connectivity index (χ0v) is 17.4. The van der Waals surface area contributed by atoms with Crippen LogP contribution in [0.15, 0.2) is 41.4 Å². The third kappa shape index (κ3) is 4.22. The van der Waals surface area contributed by atoms with Crippen LogP contribution in [0.25, 0.3) is 10.2 Å². The van der Waals surface area contributed by atoms with Crippen LogP contribution in [0.3, 0.4) is 0 Å². The number of fused-ring (bicyclic) bond motifs is 1. The fourth-order valence-electron chi connectivity index (χ4n) is 2.64. The summed E-state index contributed by atoms with van der Waals surface area (Å²) in [7, 11) is 1.54. The Labute approximate surface area is 174 Å². The van der Waals surface area contributed by atoms with Crippen molar-refractivity contribution in [1.82, 2.24) is 4.57 Å². The molecule has 0 aliphatic rings. The SMILES string of the molecule is CCOC(=O)Cn1c(=NC(=O)c2cc(Cl)ccc2Cl)sc2cccc(OC)c21. The number of carbonyl (C=O) groups is 2. The molecular formula is C19H16Cl2N2O4S. The number of benzene rings is 2. The van der Waals surface area contributed by atoms with Gasteiger partial charge in [0.2, 0.25) is 0 Å². The van der Waals surface area contributed by atoms with Gasteiger partial charge in [-0.1, -0.05) is 40.6 Å². The van der Waals surface area contributed by atoms with Crippen molar-refractivity contribution in [2.45, 2.75) is 13.5 Å². The summed E-state index contributed by atoms with van der Waals surface area (Å²) in [6.07, 6.45) is 0. The summed E-state index contributed by atoms with van der Waals surface area (Å²) in [6, 6.07) is 10.0. The van der Waals surface area contributed by atoms with Crippen LogP contribution >= 0.6 is 34.5 Å². The molecule has 1 heterocycles. The molecule has 0 aliphatic heterocycles. The summed E-state index contributed by atoms with van der Waals surface area (Å²) >= 11 is 13.3. The minimum absolute atomic E-state index is 0.108. The molecule has 0 bridgehead atoms. The van der Waals surface area contributed by atoms with Gasteiger partial charge in [-0.05, 0) is 37.3 Å². The maximum atomic E-state index is 12.7. The monoisotopic (exact) mass is 438 g/mol. The van der Waals surface area contributed by atoms with E-state index in [1.165, 1.54) is 30.6 Å². The van der Waals surface area contributed by atoms with E-state index in [-0.39, 0.29) is 23.7 Å². The average molecular weight is 439 g/mol. The van der Waals surface area contributed by atoms with Crippen LogP contribution in [-0.4, -0.2) is 30.2 Å². The Balaban J connectivity index is 2.19. The van der Waals surface area contributed by atoms with Gasteiger partial charge in [0.25, 0.3) is 5.91 Å². The lowest BCUT2D eigenvalue weighted by Gasteiger charge is -2.08. The van der Waals surface area contributed by atoms with Crippen molar-refractivity contribution in [3.05, 3.63) is 56.8 Å². The lowest BCUT2D eigenvalue weighted by molar-refractivity contribution is -0.143. The lowest BCUT2D eigenvalue weighted by atomic mass is 10.2. The molecule has 3 rings (SSSR count). The van der Waals surface area contributed by atoms with Crippen molar-refractivity contribution in [2.75, 3.05) is 13.7 Å². The van der Waals surface area contributed by atoms with E-state index in [1.807, 2.05) is 12.1 Å². The van der Waals surface area contributed by atoms with Crippen molar-refractivity contribution < 1.29 is 19.1 Å². The first kappa shape index (κ1) is 20.4. The van der Waals surface area contributed by atoms with Gasteiger partial charge in [0.1, 0.15) is 17.8 Å². The first-order valence-corrected chi connectivity index (χ1v) is 9.88. The Morgan fingerprint density at radius 2 is 2.00 bits per heavy atom. The molecule has 28 heavy (non-hydrogen) atoms. The standard InChI is InChI=1S/C19H16Cl2N2O4S/c1-3-27-16(24)10-23-17-14(26-2)5-4-6-15(17)28-19(23)22-18(25)12-9-11(20)7-8-13(12)21/h4-9H,3,10H2,1-2H3. The van der Waals surface area contributed by atoms with Crippen molar-refractivity contribution in [2.24, 2.45) is 4.99 Å². The molecule has 146 valence electrons. The largest absolute Gasteiger partial charge is 0.495 e. The van der Waals surface area contributed by atoms with Crippen LogP contribution in [0.5, 0.6) is 5.75 Å². The minimum Gasteiger partial charge on any atom is -0.495 e. The number of amides is 1. The van der Waals surface area contributed by atoms with Crippen molar-refractivity contribution in [3.63, 3.8) is 0 Å². The Bertz CT molecular complexity index is 1120. The van der Waals surface area contributed by atoms with Crippen LogP contribution in [0.4, 0.5) is 0 Å². The number of aromatic nitrogens is 1. The number of methoxy groups -OCH3 is 1. The topological polar surface area (TPSA) is 69.9 Å². The first-order valence-electron chi connectivity index (χ1n) is 8.30. The summed E-state index contributed by atoms with van der Waals surface area (Å²) in [4.78, 5) is 29.4. The fourth-order valence-corrected chi connectivity index (χ4v) is 4.05. The van der Waals surface area contributed by atoms with Crippen LogP contribution in [0.2, 0.25) is 10.0 Å². The molecule has 0 atom stereocenters. The predicted octanol–water partition coefficient (Wildman–Crippen LogP) is 4.32.